The van der Waals surface area contributed by atoms with E-state index in [1.165, 1.54) is 43.4 Å². The molecule has 0 spiro atoms. The largest absolute Gasteiger partial charge is 0.328 e. The van der Waals surface area contributed by atoms with Gasteiger partial charge < -0.3 is 5.73 Å². The van der Waals surface area contributed by atoms with E-state index in [4.69, 9.17) is 5.73 Å². The molecular weight excluding hydrogens is 196 g/mol. The first-order chi connectivity index (χ1) is 6.83. The van der Waals surface area contributed by atoms with Crippen molar-refractivity contribution in [3.63, 3.8) is 0 Å². The average Bonchev–Trinajstić information content (AvgIpc) is 2.72. The number of aromatic nitrogens is 1. The van der Waals surface area contributed by atoms with Gasteiger partial charge >= 0.3 is 0 Å². The predicted octanol–water partition coefficient (Wildman–Crippen LogP) is 2.23. The van der Waals surface area contributed by atoms with Crippen molar-refractivity contribution in [2.75, 3.05) is 0 Å². The van der Waals surface area contributed by atoms with Gasteiger partial charge in [-0.25, -0.2) is 4.98 Å². The second-order valence-electron chi connectivity index (χ2n) is 3.39. The highest BCUT2D eigenvalue weighted by Crippen LogP contribution is 2.14. The van der Waals surface area contributed by atoms with Gasteiger partial charge in [-0.05, 0) is 12.8 Å². The third-order valence-corrected chi connectivity index (χ3v) is 2.90. The number of nitrogens with zero attached hydrogens (tertiary/aromatic N) is 1. The molecule has 0 aliphatic heterocycles. The molecule has 0 atom stereocenters. The average molecular weight is 212 g/mol. The van der Waals surface area contributed by atoms with Crippen LogP contribution in [-0.4, -0.2) is 17.3 Å². The summed E-state index contributed by atoms with van der Waals surface area (Å²) in [5.74, 6) is 0. The minimum atomic E-state index is 0.536. The Morgan fingerprint density at radius 3 is 2.43 bits per heavy atom. The first kappa shape index (κ1) is 11.3. The maximum atomic E-state index is 9.82. The van der Waals surface area contributed by atoms with Gasteiger partial charge in [0.05, 0.1) is 0 Å². The molecule has 1 heterocycles. The summed E-state index contributed by atoms with van der Waals surface area (Å²) in [5, 5.41) is 2.31. The van der Waals surface area contributed by atoms with Gasteiger partial charge in [0.25, 0.3) is 0 Å². The van der Waals surface area contributed by atoms with Crippen LogP contribution in [0, 0.1) is 0 Å². The molecule has 2 N–H and O–H groups in total. The molecule has 2 rings (SSSR count). The fourth-order valence-electron chi connectivity index (χ4n) is 1.43. The fraction of sp³-hybridized carbons (Fsp3) is 0.600. The molecule has 78 valence electrons. The zero-order chi connectivity index (χ0) is 10.2. The smallest absolute Gasteiger partial charge is 0.178 e. The maximum Gasteiger partial charge on any atom is 0.178 e. The van der Waals surface area contributed by atoms with Gasteiger partial charge in [-0.1, -0.05) is 19.3 Å². The van der Waals surface area contributed by atoms with Crippen molar-refractivity contribution in [2.45, 2.75) is 38.1 Å². The number of nitrogens with two attached hydrogens (primary N) is 1. The first-order valence-corrected chi connectivity index (χ1v) is 5.81. The summed E-state index contributed by atoms with van der Waals surface area (Å²) in [6, 6.07) is 0.536. The van der Waals surface area contributed by atoms with Crippen LogP contribution in [0.2, 0.25) is 0 Å². The monoisotopic (exact) mass is 212 g/mol. The van der Waals surface area contributed by atoms with E-state index in [9.17, 15) is 4.79 Å². The number of thiazole rings is 1. The fourth-order valence-corrected chi connectivity index (χ4v) is 1.87. The predicted molar refractivity (Wildman–Crippen MR) is 58.6 cm³/mol. The van der Waals surface area contributed by atoms with Gasteiger partial charge in [-0.2, -0.15) is 0 Å². The summed E-state index contributed by atoms with van der Waals surface area (Å²) in [6.07, 6.45) is 9.01. The number of hydrogen-bond donors (Lipinski definition) is 1. The highest BCUT2D eigenvalue weighted by molar-refractivity contribution is 7.11. The van der Waals surface area contributed by atoms with Crippen LogP contribution >= 0.6 is 11.3 Å². The van der Waals surface area contributed by atoms with Gasteiger partial charge in [0.2, 0.25) is 0 Å². The van der Waals surface area contributed by atoms with Gasteiger partial charge in [0.1, 0.15) is 0 Å². The Kier molecular flexibility index (Phi) is 5.40. The van der Waals surface area contributed by atoms with Crippen LogP contribution in [0.15, 0.2) is 11.6 Å². The van der Waals surface area contributed by atoms with Crippen molar-refractivity contribution in [2.24, 2.45) is 5.73 Å². The van der Waals surface area contributed by atoms with Gasteiger partial charge in [0, 0.05) is 17.6 Å². The van der Waals surface area contributed by atoms with Crippen LogP contribution in [0.4, 0.5) is 0 Å². The molecule has 0 bridgehead atoms. The molecule has 0 radical (unpaired) electrons. The Bertz CT molecular complexity index is 243. The Morgan fingerprint density at radius 1 is 1.43 bits per heavy atom. The number of carbonyl (C=O) groups is 1. The molecule has 1 fully saturated rings. The molecule has 14 heavy (non-hydrogen) atoms. The van der Waals surface area contributed by atoms with Crippen LogP contribution in [-0.2, 0) is 0 Å². The summed E-state index contributed by atoms with van der Waals surface area (Å²) in [7, 11) is 0. The zero-order valence-electron chi connectivity index (χ0n) is 8.19. The lowest BCUT2D eigenvalue weighted by Crippen LogP contribution is -2.22. The van der Waals surface area contributed by atoms with Crippen molar-refractivity contribution in [3.05, 3.63) is 16.6 Å². The third kappa shape index (κ3) is 4.48. The molecule has 3 nitrogen and oxygen atoms in total. The van der Waals surface area contributed by atoms with E-state index in [1.807, 2.05) is 0 Å². The number of aldehydes is 1. The topological polar surface area (TPSA) is 56.0 Å². The van der Waals surface area contributed by atoms with E-state index in [1.54, 1.807) is 11.6 Å². The van der Waals surface area contributed by atoms with E-state index >= 15 is 0 Å². The quantitative estimate of drug-likeness (QED) is 0.726. The highest BCUT2D eigenvalue weighted by Gasteiger charge is 2.06. The molecule has 1 aliphatic rings. The number of rotatable bonds is 1. The van der Waals surface area contributed by atoms with Crippen LogP contribution in [0.1, 0.15) is 41.9 Å². The van der Waals surface area contributed by atoms with Gasteiger partial charge in [0.15, 0.2) is 11.3 Å². The molecule has 4 heteroatoms. The minimum absolute atomic E-state index is 0.536. The van der Waals surface area contributed by atoms with Crippen LogP contribution < -0.4 is 5.73 Å². The summed E-state index contributed by atoms with van der Waals surface area (Å²) >= 11 is 1.34. The van der Waals surface area contributed by atoms with E-state index in [0.717, 1.165) is 6.29 Å². The lowest BCUT2D eigenvalue weighted by atomic mass is 9.97. The second-order valence-corrected chi connectivity index (χ2v) is 4.31. The summed E-state index contributed by atoms with van der Waals surface area (Å²) in [5.41, 5.74) is 5.63. The lowest BCUT2D eigenvalue weighted by molar-refractivity contribution is 0.112. The van der Waals surface area contributed by atoms with E-state index in [2.05, 4.69) is 4.98 Å². The molecule has 1 aliphatic carbocycles. The maximum absolute atomic E-state index is 9.82. The Labute approximate surface area is 88.3 Å². The van der Waals surface area contributed by atoms with Crippen LogP contribution in [0.5, 0.6) is 0 Å². The Hall–Kier alpha value is -0.740. The normalized spacial score (nSPS) is 16.9. The first-order valence-electron chi connectivity index (χ1n) is 4.93. The molecule has 1 aromatic rings. The van der Waals surface area contributed by atoms with Crippen LogP contribution in [0.3, 0.4) is 0 Å². The van der Waals surface area contributed by atoms with E-state index < -0.39 is 0 Å². The zero-order valence-corrected chi connectivity index (χ0v) is 9.00. The van der Waals surface area contributed by atoms with Crippen molar-refractivity contribution >= 4 is 17.6 Å². The van der Waals surface area contributed by atoms with E-state index in [-0.39, 0.29) is 0 Å². The highest BCUT2D eigenvalue weighted by atomic mass is 32.1. The molecule has 1 aromatic heterocycles. The second kappa shape index (κ2) is 6.68. The van der Waals surface area contributed by atoms with Crippen molar-refractivity contribution in [1.82, 2.24) is 4.98 Å². The van der Waals surface area contributed by atoms with Crippen molar-refractivity contribution in [3.8, 4) is 0 Å². The molecule has 1 saturated carbocycles. The standard InChI is InChI=1S/C6H13N.C4H3NOS/c7-6-4-2-1-3-5-6;6-3-4-5-1-2-7-4/h6H,1-5,7H2;1-3H. The SMILES string of the molecule is NC1CCCCC1.O=Cc1nccs1. The Balaban J connectivity index is 0.000000140. The van der Waals surface area contributed by atoms with Gasteiger partial charge in [-0.3, -0.25) is 4.79 Å². The molecule has 0 unspecified atom stereocenters. The molecule has 0 aromatic carbocycles. The van der Waals surface area contributed by atoms with E-state index in [0.29, 0.717) is 11.0 Å². The van der Waals surface area contributed by atoms with Crippen molar-refractivity contribution < 1.29 is 4.79 Å². The number of carbonyl (C=O) groups excluding carboxylic acids is 1. The summed E-state index contributed by atoms with van der Waals surface area (Å²) in [4.78, 5) is 13.5. The van der Waals surface area contributed by atoms with Crippen LogP contribution in [0.25, 0.3) is 0 Å². The van der Waals surface area contributed by atoms with Gasteiger partial charge in [-0.15, -0.1) is 11.3 Å². The molecular formula is C10H16N2OS. The molecule has 0 amide bonds. The summed E-state index contributed by atoms with van der Waals surface area (Å²) in [6.45, 7) is 0. The molecule has 0 saturated heterocycles. The number of hydrogen-bond acceptors (Lipinski definition) is 4. The Morgan fingerprint density at radius 2 is 2.14 bits per heavy atom. The van der Waals surface area contributed by atoms with Crippen molar-refractivity contribution in [1.29, 1.82) is 0 Å². The summed E-state index contributed by atoms with van der Waals surface area (Å²) < 4.78 is 0. The minimum Gasteiger partial charge on any atom is -0.328 e. The third-order valence-electron chi connectivity index (χ3n) is 2.20. The lowest BCUT2D eigenvalue weighted by Gasteiger charge is -2.15.